The van der Waals surface area contributed by atoms with Crippen LogP contribution in [0.15, 0.2) is 15.8 Å². The summed E-state index contributed by atoms with van der Waals surface area (Å²) in [6, 6.07) is 0.0963. The number of phosphoric acid groups is 3. The number of aliphatic hydroxyl groups is 2. The molecule has 1 saturated carbocycles. The molecule has 0 aromatic carbocycles. The minimum atomic E-state index is -4.64. The molecule has 4 atom stereocenters. The van der Waals surface area contributed by atoms with Crippen LogP contribution in [0.3, 0.4) is 0 Å². The Morgan fingerprint density at radius 1 is 0.857 bits per heavy atom. The van der Waals surface area contributed by atoms with E-state index in [1.54, 1.807) is 6.92 Å². The van der Waals surface area contributed by atoms with E-state index >= 15 is 0 Å². The Morgan fingerprint density at radius 2 is 1.26 bits per heavy atom. The second-order valence-corrected chi connectivity index (χ2v) is 10.2. The number of hydrogen-bond acceptors (Lipinski definition) is 8. The lowest BCUT2D eigenvalue weighted by Gasteiger charge is -2.28. The summed E-state index contributed by atoms with van der Waals surface area (Å²) in [5.41, 5.74) is -0.826. The van der Waals surface area contributed by atoms with E-state index < -0.39 is 59.1 Å². The minimum absolute atomic E-state index is 0.0963. The van der Waals surface area contributed by atoms with Crippen LogP contribution in [-0.4, -0.2) is 82.1 Å². The highest BCUT2D eigenvalue weighted by molar-refractivity contribution is 7.45. The van der Waals surface area contributed by atoms with Crippen molar-refractivity contribution in [3.63, 3.8) is 0 Å². The zero-order valence-corrected chi connectivity index (χ0v) is 20.4. The van der Waals surface area contributed by atoms with Gasteiger partial charge < -0.3 is 59.0 Å². The molecule has 2 heterocycles. The first-order valence-electron chi connectivity index (χ1n) is 9.20. The monoisotopic (exact) mass is 576 g/mol. The summed E-state index contributed by atoms with van der Waals surface area (Å²) < 4.78 is 33.6. The molecule has 0 amide bonds. The van der Waals surface area contributed by atoms with E-state index in [1.165, 1.54) is 10.8 Å². The third-order valence-electron chi connectivity index (χ3n) is 4.27. The summed E-state index contributed by atoms with van der Waals surface area (Å²) in [6.45, 7) is 1.63. The Balaban J connectivity index is 0.000000635. The third kappa shape index (κ3) is 15.6. The van der Waals surface area contributed by atoms with Crippen LogP contribution in [0.5, 0.6) is 0 Å². The number of aliphatic hydroxyl groups excluding tert-OH is 2. The quantitative estimate of drug-likeness (QED) is 0.153. The maximum atomic E-state index is 11.9. The van der Waals surface area contributed by atoms with E-state index in [2.05, 4.69) is 4.98 Å². The Labute approximate surface area is 195 Å². The molecule has 35 heavy (non-hydrogen) atoms. The maximum Gasteiger partial charge on any atom is 0.466 e. The molecular formula is C13H27N2O17P3. The SMILES string of the molecule is C[C@H]1O[C@@H](c2cn(C3CCC3)c(=O)[nH]c2=O)[C@H](O)[C@@H]1O.O=P(O)(O)O.O=P(O)(O)O.O=P(O)(O)O. The molecule has 2 fully saturated rings. The van der Waals surface area contributed by atoms with Crippen molar-refractivity contribution in [1.29, 1.82) is 0 Å². The topological polar surface area (TPSA) is 338 Å². The van der Waals surface area contributed by atoms with Gasteiger partial charge >= 0.3 is 29.2 Å². The van der Waals surface area contributed by atoms with E-state index in [4.69, 9.17) is 62.5 Å². The van der Waals surface area contributed by atoms with Crippen molar-refractivity contribution in [2.75, 3.05) is 0 Å². The Hall–Kier alpha value is -1.11. The first-order valence-corrected chi connectivity index (χ1v) is 13.9. The summed E-state index contributed by atoms with van der Waals surface area (Å²) in [4.78, 5) is 90.7. The van der Waals surface area contributed by atoms with E-state index in [1.807, 2.05) is 0 Å². The summed E-state index contributed by atoms with van der Waals surface area (Å²) in [6.07, 6.45) is 0.654. The van der Waals surface area contributed by atoms with Gasteiger partial charge in [-0.1, -0.05) is 0 Å². The normalized spacial score (nSPS) is 24.6. The average molecular weight is 576 g/mol. The highest BCUT2D eigenvalue weighted by Crippen LogP contribution is 2.34. The zero-order valence-electron chi connectivity index (χ0n) is 17.7. The Kier molecular flexibility index (Phi) is 13.0. The van der Waals surface area contributed by atoms with Crippen molar-refractivity contribution in [3.8, 4) is 0 Å². The van der Waals surface area contributed by atoms with E-state index in [-0.39, 0.29) is 11.6 Å². The van der Waals surface area contributed by atoms with Gasteiger partial charge in [0.1, 0.15) is 18.3 Å². The van der Waals surface area contributed by atoms with Gasteiger partial charge in [-0.2, -0.15) is 0 Å². The first kappa shape index (κ1) is 33.9. The third-order valence-corrected chi connectivity index (χ3v) is 4.27. The molecule has 1 aliphatic heterocycles. The second kappa shape index (κ2) is 13.4. The van der Waals surface area contributed by atoms with Gasteiger partial charge in [-0.25, -0.2) is 18.5 Å². The van der Waals surface area contributed by atoms with Crippen molar-refractivity contribution in [2.24, 2.45) is 0 Å². The Morgan fingerprint density at radius 3 is 1.54 bits per heavy atom. The molecule has 22 heteroatoms. The van der Waals surface area contributed by atoms with Crippen LogP contribution >= 0.6 is 23.5 Å². The van der Waals surface area contributed by atoms with Gasteiger partial charge in [0.25, 0.3) is 5.56 Å². The van der Waals surface area contributed by atoms with Crippen molar-refractivity contribution in [3.05, 3.63) is 32.6 Å². The van der Waals surface area contributed by atoms with E-state index in [0.29, 0.717) is 0 Å². The fourth-order valence-electron chi connectivity index (χ4n) is 2.75. The minimum Gasteiger partial charge on any atom is -0.388 e. The molecule has 206 valence electrons. The van der Waals surface area contributed by atoms with Gasteiger partial charge in [-0.15, -0.1) is 0 Å². The van der Waals surface area contributed by atoms with Gasteiger partial charge in [0.15, 0.2) is 0 Å². The predicted octanol–water partition coefficient (Wildman–Crippen LogP) is -3.34. The molecule has 3 rings (SSSR count). The maximum absolute atomic E-state index is 11.9. The molecule has 1 aliphatic carbocycles. The van der Waals surface area contributed by atoms with Gasteiger partial charge in [0, 0.05) is 12.2 Å². The lowest BCUT2D eigenvalue weighted by atomic mass is 9.92. The molecule has 19 nitrogen and oxygen atoms in total. The first-order chi connectivity index (χ1) is 15.5. The van der Waals surface area contributed by atoms with E-state index in [9.17, 15) is 19.8 Å². The number of ether oxygens (including phenoxy) is 1. The second-order valence-electron chi connectivity index (χ2n) is 7.12. The number of aromatic amines is 1. The van der Waals surface area contributed by atoms with Crippen LogP contribution in [0, 0.1) is 0 Å². The molecule has 12 N–H and O–H groups in total. The summed E-state index contributed by atoms with van der Waals surface area (Å²) in [7, 11) is -13.9. The van der Waals surface area contributed by atoms with E-state index in [0.717, 1.165) is 19.3 Å². The number of rotatable bonds is 2. The number of nitrogens with one attached hydrogen (secondary N) is 1. The molecule has 1 aromatic heterocycles. The fourth-order valence-corrected chi connectivity index (χ4v) is 2.75. The van der Waals surface area contributed by atoms with Gasteiger partial charge in [-0.05, 0) is 26.2 Å². The lowest BCUT2D eigenvalue weighted by molar-refractivity contribution is 0.0136. The molecule has 1 aromatic rings. The predicted molar refractivity (Wildman–Crippen MR) is 112 cm³/mol. The zero-order chi connectivity index (χ0) is 27.9. The fraction of sp³-hybridized carbons (Fsp3) is 0.692. The largest absolute Gasteiger partial charge is 0.466 e. The number of aromatic nitrogens is 2. The number of hydrogen-bond donors (Lipinski definition) is 12. The molecule has 0 unspecified atom stereocenters. The molecule has 0 spiro atoms. The van der Waals surface area contributed by atoms with Crippen LogP contribution in [-0.2, 0) is 18.4 Å². The number of H-pyrrole nitrogens is 1. The molecule has 2 aliphatic rings. The average Bonchev–Trinajstić information content (AvgIpc) is 2.78. The molecule has 1 saturated heterocycles. The Bertz CT molecular complexity index is 993. The summed E-state index contributed by atoms with van der Waals surface area (Å²) in [5, 5.41) is 19.7. The molecule has 0 radical (unpaired) electrons. The molecular weight excluding hydrogens is 549 g/mol. The van der Waals surface area contributed by atoms with Gasteiger partial charge in [0.05, 0.1) is 11.7 Å². The van der Waals surface area contributed by atoms with Crippen LogP contribution in [0.1, 0.15) is 43.9 Å². The van der Waals surface area contributed by atoms with Crippen molar-refractivity contribution in [2.45, 2.75) is 56.6 Å². The standard InChI is InChI=1S/C13H18N2O5.3H3O4P/c1-6-9(16)10(17)11(20-6)8-5-15(7-3-2-4-7)13(19)14-12(8)18;3*1-5(2,3)4/h5-7,9-11,16-17H,2-4H2,1H3,(H,14,18,19);3*(H3,1,2,3,4)/t6-,9-,10-,11+;;;/m1.../s1. The smallest absolute Gasteiger partial charge is 0.388 e. The summed E-state index contributed by atoms with van der Waals surface area (Å²) >= 11 is 0. The van der Waals surface area contributed by atoms with Crippen LogP contribution in [0.4, 0.5) is 0 Å². The number of nitrogens with zero attached hydrogens (tertiary/aromatic N) is 1. The van der Waals surface area contributed by atoms with Gasteiger partial charge in [-0.3, -0.25) is 14.3 Å². The van der Waals surface area contributed by atoms with Crippen molar-refractivity contribution in [1.82, 2.24) is 9.55 Å². The molecule has 0 bridgehead atoms. The van der Waals surface area contributed by atoms with Crippen LogP contribution in [0.2, 0.25) is 0 Å². The van der Waals surface area contributed by atoms with Crippen LogP contribution < -0.4 is 11.2 Å². The summed E-state index contributed by atoms with van der Waals surface area (Å²) in [5.74, 6) is 0. The highest BCUT2D eigenvalue weighted by atomic mass is 31.2. The van der Waals surface area contributed by atoms with Crippen molar-refractivity contribution >= 4 is 23.5 Å². The van der Waals surface area contributed by atoms with Crippen molar-refractivity contribution < 1.29 is 72.7 Å². The highest BCUT2D eigenvalue weighted by Gasteiger charge is 2.42. The van der Waals surface area contributed by atoms with Crippen LogP contribution in [0.25, 0.3) is 0 Å². The van der Waals surface area contributed by atoms with Gasteiger partial charge in [0.2, 0.25) is 0 Å². The lowest BCUT2D eigenvalue weighted by Crippen LogP contribution is -2.38.